The Kier molecular flexibility index (Phi) is 4.23. The van der Waals surface area contributed by atoms with Crippen LogP contribution in [-0.2, 0) is 17.4 Å². The van der Waals surface area contributed by atoms with Crippen LogP contribution in [0.4, 0.5) is 13.2 Å². The van der Waals surface area contributed by atoms with Crippen LogP contribution in [0.3, 0.4) is 0 Å². The van der Waals surface area contributed by atoms with E-state index in [1.807, 2.05) is 0 Å². The maximum absolute atomic E-state index is 12.7. The van der Waals surface area contributed by atoms with E-state index in [0.717, 1.165) is 12.1 Å². The summed E-state index contributed by atoms with van der Waals surface area (Å²) < 4.78 is 38.2. The van der Waals surface area contributed by atoms with Crippen molar-refractivity contribution in [3.05, 3.63) is 58.6 Å². The van der Waals surface area contributed by atoms with Crippen molar-refractivity contribution in [2.24, 2.45) is 0 Å². The molecule has 0 bridgehead atoms. The summed E-state index contributed by atoms with van der Waals surface area (Å²) in [7, 11) is 0. The number of benzene rings is 2. The molecule has 0 spiro atoms. The molecule has 1 N–H and O–H groups in total. The van der Waals surface area contributed by atoms with Crippen molar-refractivity contribution in [2.75, 3.05) is 0 Å². The molecule has 6 heteroatoms. The highest BCUT2D eigenvalue weighted by Crippen LogP contribution is 2.34. The van der Waals surface area contributed by atoms with Crippen molar-refractivity contribution in [3.8, 4) is 11.1 Å². The van der Waals surface area contributed by atoms with Gasteiger partial charge in [0.15, 0.2) is 0 Å². The number of carbonyl (C=O) groups is 1. The lowest BCUT2D eigenvalue weighted by molar-refractivity contribution is -0.138. The van der Waals surface area contributed by atoms with E-state index < -0.39 is 17.7 Å². The molecule has 0 saturated carbocycles. The zero-order valence-corrected chi connectivity index (χ0v) is 11.4. The minimum absolute atomic E-state index is 0.219. The summed E-state index contributed by atoms with van der Waals surface area (Å²) in [6, 6.07) is 9.26. The van der Waals surface area contributed by atoms with Crippen molar-refractivity contribution in [2.45, 2.75) is 12.6 Å². The van der Waals surface area contributed by atoms with Crippen LogP contribution in [0.15, 0.2) is 42.5 Å². The molecule has 0 aliphatic carbocycles. The van der Waals surface area contributed by atoms with Gasteiger partial charge in [-0.15, -0.1) is 0 Å². The largest absolute Gasteiger partial charge is 0.481 e. The number of hydrogen-bond acceptors (Lipinski definition) is 1. The van der Waals surface area contributed by atoms with Crippen LogP contribution >= 0.6 is 11.6 Å². The molecular formula is C15H10ClF3O2. The Morgan fingerprint density at radius 3 is 2.48 bits per heavy atom. The van der Waals surface area contributed by atoms with E-state index in [9.17, 15) is 18.0 Å². The van der Waals surface area contributed by atoms with Crippen LogP contribution in [0, 0.1) is 0 Å². The fraction of sp³-hybridized carbons (Fsp3) is 0.133. The summed E-state index contributed by atoms with van der Waals surface area (Å²) in [4.78, 5) is 10.7. The number of aliphatic carboxylic acids is 1. The van der Waals surface area contributed by atoms with Crippen LogP contribution in [0.5, 0.6) is 0 Å². The van der Waals surface area contributed by atoms with Gasteiger partial charge in [0, 0.05) is 10.6 Å². The maximum Gasteiger partial charge on any atom is 0.416 e. The van der Waals surface area contributed by atoms with Gasteiger partial charge in [0.2, 0.25) is 0 Å². The fourth-order valence-corrected chi connectivity index (χ4v) is 2.17. The average Bonchev–Trinajstić information content (AvgIpc) is 2.39. The molecule has 0 aliphatic rings. The second kappa shape index (κ2) is 5.77. The van der Waals surface area contributed by atoms with Crippen LogP contribution in [0.1, 0.15) is 11.1 Å². The van der Waals surface area contributed by atoms with E-state index in [1.165, 1.54) is 30.3 Å². The molecule has 2 aromatic carbocycles. The van der Waals surface area contributed by atoms with Crippen molar-refractivity contribution >= 4 is 17.6 Å². The Morgan fingerprint density at radius 1 is 1.14 bits per heavy atom. The van der Waals surface area contributed by atoms with Gasteiger partial charge in [-0.05, 0) is 35.4 Å². The first-order chi connectivity index (χ1) is 9.77. The van der Waals surface area contributed by atoms with Gasteiger partial charge in [0.05, 0.1) is 12.0 Å². The standard InChI is InChI=1S/C15H10ClF3O2/c16-13-5-4-9(7-14(20)21)6-12(13)10-2-1-3-11(8-10)15(17,18)19/h1-6,8H,7H2,(H,20,21). The van der Waals surface area contributed by atoms with Gasteiger partial charge in [-0.1, -0.05) is 29.8 Å². The van der Waals surface area contributed by atoms with Crippen molar-refractivity contribution in [3.63, 3.8) is 0 Å². The lowest BCUT2D eigenvalue weighted by Gasteiger charge is -2.11. The number of carboxylic acid groups (broad SMARTS) is 1. The normalized spacial score (nSPS) is 11.4. The molecule has 0 radical (unpaired) electrons. The van der Waals surface area contributed by atoms with Gasteiger partial charge in [0.25, 0.3) is 0 Å². The first-order valence-electron chi connectivity index (χ1n) is 5.95. The Balaban J connectivity index is 2.48. The molecule has 2 rings (SSSR count). The fourth-order valence-electron chi connectivity index (χ4n) is 1.94. The SMILES string of the molecule is O=C(O)Cc1ccc(Cl)c(-c2cccc(C(F)(F)F)c2)c1. The quantitative estimate of drug-likeness (QED) is 0.895. The van der Waals surface area contributed by atoms with E-state index in [2.05, 4.69) is 0 Å². The van der Waals surface area contributed by atoms with Crippen molar-refractivity contribution in [1.82, 2.24) is 0 Å². The van der Waals surface area contributed by atoms with Crippen LogP contribution in [0.2, 0.25) is 5.02 Å². The zero-order valence-electron chi connectivity index (χ0n) is 10.6. The smallest absolute Gasteiger partial charge is 0.416 e. The molecule has 0 aliphatic heterocycles. The number of hydrogen-bond donors (Lipinski definition) is 1. The van der Waals surface area contributed by atoms with Gasteiger partial charge in [-0.3, -0.25) is 4.79 Å². The summed E-state index contributed by atoms with van der Waals surface area (Å²) >= 11 is 6.01. The van der Waals surface area contributed by atoms with E-state index in [0.29, 0.717) is 16.7 Å². The summed E-state index contributed by atoms with van der Waals surface area (Å²) in [5.41, 5.74) is 0.364. The molecule has 2 nitrogen and oxygen atoms in total. The van der Waals surface area contributed by atoms with Crippen molar-refractivity contribution in [1.29, 1.82) is 0 Å². The predicted molar refractivity (Wildman–Crippen MR) is 73.2 cm³/mol. The third-order valence-electron chi connectivity index (χ3n) is 2.89. The monoisotopic (exact) mass is 314 g/mol. The second-order valence-electron chi connectivity index (χ2n) is 4.46. The summed E-state index contributed by atoms with van der Waals surface area (Å²) in [6.07, 6.45) is -4.66. The highest BCUT2D eigenvalue weighted by atomic mass is 35.5. The molecule has 0 amide bonds. The molecule has 21 heavy (non-hydrogen) atoms. The highest BCUT2D eigenvalue weighted by molar-refractivity contribution is 6.33. The lowest BCUT2D eigenvalue weighted by atomic mass is 10.00. The van der Waals surface area contributed by atoms with E-state index in [1.54, 1.807) is 0 Å². The number of rotatable bonds is 3. The minimum atomic E-state index is -4.44. The Hall–Kier alpha value is -2.01. The Labute approximate surface area is 123 Å². The molecule has 0 unspecified atom stereocenters. The van der Waals surface area contributed by atoms with Gasteiger partial charge >= 0.3 is 12.1 Å². The van der Waals surface area contributed by atoms with Gasteiger partial charge in [-0.25, -0.2) is 0 Å². The van der Waals surface area contributed by atoms with E-state index >= 15 is 0 Å². The average molecular weight is 315 g/mol. The van der Waals surface area contributed by atoms with Crippen molar-refractivity contribution < 1.29 is 23.1 Å². The number of alkyl halides is 3. The molecule has 110 valence electrons. The molecule has 0 heterocycles. The summed E-state index contributed by atoms with van der Waals surface area (Å²) in [5, 5.41) is 9.03. The first-order valence-corrected chi connectivity index (χ1v) is 6.33. The molecule has 2 aromatic rings. The van der Waals surface area contributed by atoms with Crippen LogP contribution < -0.4 is 0 Å². The first kappa shape index (κ1) is 15.4. The van der Waals surface area contributed by atoms with Crippen LogP contribution in [0.25, 0.3) is 11.1 Å². The predicted octanol–water partition coefficient (Wildman–Crippen LogP) is 4.65. The summed E-state index contributed by atoms with van der Waals surface area (Å²) in [6.45, 7) is 0. The van der Waals surface area contributed by atoms with E-state index in [-0.39, 0.29) is 11.4 Å². The van der Waals surface area contributed by atoms with Gasteiger partial charge < -0.3 is 5.11 Å². The van der Waals surface area contributed by atoms with E-state index in [4.69, 9.17) is 16.7 Å². The Morgan fingerprint density at radius 2 is 1.86 bits per heavy atom. The molecule has 0 saturated heterocycles. The topological polar surface area (TPSA) is 37.3 Å². The lowest BCUT2D eigenvalue weighted by Crippen LogP contribution is -2.04. The highest BCUT2D eigenvalue weighted by Gasteiger charge is 2.30. The second-order valence-corrected chi connectivity index (χ2v) is 4.87. The zero-order chi connectivity index (χ0) is 15.6. The molecule has 0 aromatic heterocycles. The molecular weight excluding hydrogens is 305 g/mol. The van der Waals surface area contributed by atoms with Crippen LogP contribution in [-0.4, -0.2) is 11.1 Å². The summed E-state index contributed by atoms with van der Waals surface area (Å²) in [5.74, 6) is -1.02. The van der Waals surface area contributed by atoms with Gasteiger partial charge in [0.1, 0.15) is 0 Å². The maximum atomic E-state index is 12.7. The number of halogens is 4. The third kappa shape index (κ3) is 3.76. The minimum Gasteiger partial charge on any atom is -0.481 e. The Bertz CT molecular complexity index is 681. The molecule has 0 fully saturated rings. The third-order valence-corrected chi connectivity index (χ3v) is 3.22. The van der Waals surface area contributed by atoms with Gasteiger partial charge in [-0.2, -0.15) is 13.2 Å². The molecule has 0 atom stereocenters. The number of carboxylic acids is 1.